The Hall–Kier alpha value is -0.250. The van der Waals surface area contributed by atoms with Crippen molar-refractivity contribution in [1.29, 1.82) is 0 Å². The van der Waals surface area contributed by atoms with Gasteiger partial charge in [0.05, 0.1) is 39.6 Å². The molecule has 0 radical (unpaired) electrons. The molecule has 0 saturated carbocycles. The fourth-order valence-corrected chi connectivity index (χ4v) is 1.73. The van der Waals surface area contributed by atoms with Gasteiger partial charge in [-0.05, 0) is 6.42 Å². The number of hydrogen-bond donors (Lipinski definition) is 0. The summed E-state index contributed by atoms with van der Waals surface area (Å²) in [6, 6.07) is 0. The summed E-state index contributed by atoms with van der Waals surface area (Å²) in [4.78, 5) is 4.03. The molecule has 110 valence electrons. The lowest BCUT2D eigenvalue weighted by atomic mass is 10.4. The Bertz CT molecular complexity index is 323. The Labute approximate surface area is 128 Å². The Morgan fingerprint density at radius 2 is 1.68 bits per heavy atom. The summed E-state index contributed by atoms with van der Waals surface area (Å²) < 4.78 is 18.7. The third-order valence-electron chi connectivity index (χ3n) is 2.36. The summed E-state index contributed by atoms with van der Waals surface area (Å²) in [6.07, 6.45) is 3.99. The summed E-state index contributed by atoms with van der Waals surface area (Å²) in [6.45, 7) is 6.81. The topological polar surface area (TPSA) is 58.4 Å². The predicted octanol–water partition coefficient (Wildman–Crippen LogP) is 1.73. The molecule has 0 amide bonds. The zero-order valence-corrected chi connectivity index (χ0v) is 13.5. The molecule has 0 unspecified atom stereocenters. The van der Waals surface area contributed by atoms with E-state index in [1.54, 1.807) is 11.0 Å². The van der Waals surface area contributed by atoms with Crippen molar-refractivity contribution in [3.63, 3.8) is 0 Å². The van der Waals surface area contributed by atoms with E-state index in [9.17, 15) is 0 Å². The van der Waals surface area contributed by atoms with Gasteiger partial charge in [-0.2, -0.15) is 0 Å². The maximum Gasteiger partial charge on any atom is 0.211 e. The van der Waals surface area contributed by atoms with Crippen LogP contribution in [0.2, 0.25) is 0 Å². The fraction of sp³-hybridized carbons (Fsp3) is 0.833. The smallest absolute Gasteiger partial charge is 0.211 e. The van der Waals surface area contributed by atoms with Crippen LogP contribution in [-0.4, -0.2) is 54.4 Å². The van der Waals surface area contributed by atoms with E-state index in [0.717, 1.165) is 23.4 Å². The van der Waals surface area contributed by atoms with Crippen LogP contribution in [0.4, 0.5) is 0 Å². The second-order valence-electron chi connectivity index (χ2n) is 3.97. The molecule has 0 aliphatic rings. The molecule has 0 aromatic carbocycles. The lowest BCUT2D eigenvalue weighted by Crippen LogP contribution is -2.12. The highest BCUT2D eigenvalue weighted by Gasteiger charge is 1.96. The molecule has 1 rings (SSSR count). The molecule has 7 heteroatoms. The molecule has 0 N–H and O–H groups in total. The van der Waals surface area contributed by atoms with E-state index < -0.39 is 0 Å². The van der Waals surface area contributed by atoms with Gasteiger partial charge in [-0.3, -0.25) is 0 Å². The number of hydrogen-bond acceptors (Lipinski definition) is 5. The van der Waals surface area contributed by atoms with Crippen LogP contribution in [0.25, 0.3) is 0 Å². The van der Waals surface area contributed by atoms with E-state index in [1.165, 1.54) is 6.42 Å². The van der Waals surface area contributed by atoms with E-state index in [2.05, 4.69) is 39.6 Å². The summed E-state index contributed by atoms with van der Waals surface area (Å²) in [5.41, 5.74) is 0. The molecule has 1 aromatic rings. The van der Waals surface area contributed by atoms with E-state index in [4.69, 9.17) is 14.2 Å². The molecule has 19 heavy (non-hydrogen) atoms. The lowest BCUT2D eigenvalue weighted by Gasteiger charge is -2.06. The predicted molar refractivity (Wildman–Crippen MR) is 80.1 cm³/mol. The first-order valence-electron chi connectivity index (χ1n) is 6.61. The van der Waals surface area contributed by atoms with Gasteiger partial charge < -0.3 is 14.2 Å². The summed E-state index contributed by atoms with van der Waals surface area (Å²) in [5, 5.41) is 4.16. The minimum Gasteiger partial charge on any atom is -0.379 e. The largest absolute Gasteiger partial charge is 0.379 e. The van der Waals surface area contributed by atoms with Gasteiger partial charge in [-0.25, -0.2) is 9.67 Å². The van der Waals surface area contributed by atoms with E-state index in [1.807, 2.05) is 0 Å². The van der Waals surface area contributed by atoms with E-state index in [-0.39, 0.29) is 0 Å². The first kappa shape index (κ1) is 16.8. The number of rotatable bonds is 12. The van der Waals surface area contributed by atoms with Crippen molar-refractivity contribution in [2.24, 2.45) is 0 Å². The second-order valence-corrected chi connectivity index (χ2v) is 4.93. The first-order chi connectivity index (χ1) is 9.33. The third-order valence-corrected chi connectivity index (χ3v) is 2.85. The molecule has 0 aliphatic carbocycles. The average Bonchev–Trinajstić information content (AvgIpc) is 2.82. The molecule has 1 heterocycles. The maximum atomic E-state index is 5.44. The molecular weight excluding hydrogens is 361 g/mol. The van der Waals surface area contributed by atoms with Crippen molar-refractivity contribution in [2.45, 2.75) is 26.3 Å². The van der Waals surface area contributed by atoms with Gasteiger partial charge in [-0.15, -0.1) is 5.10 Å². The summed E-state index contributed by atoms with van der Waals surface area (Å²) >= 11 is 2.08. The van der Waals surface area contributed by atoms with Gasteiger partial charge in [-0.1, -0.05) is 13.3 Å². The normalized spacial score (nSPS) is 11.1. The Balaban J connectivity index is 1.79. The van der Waals surface area contributed by atoms with Crippen LogP contribution in [0.15, 0.2) is 6.33 Å². The zero-order valence-electron chi connectivity index (χ0n) is 11.4. The fourth-order valence-electron chi connectivity index (χ4n) is 1.33. The third kappa shape index (κ3) is 9.31. The van der Waals surface area contributed by atoms with Crippen LogP contribution in [-0.2, 0) is 20.8 Å². The lowest BCUT2D eigenvalue weighted by molar-refractivity contribution is 0.0123. The maximum absolute atomic E-state index is 5.44. The van der Waals surface area contributed by atoms with Gasteiger partial charge in [0, 0.05) is 29.2 Å². The highest BCUT2D eigenvalue weighted by molar-refractivity contribution is 14.1. The van der Waals surface area contributed by atoms with Crippen LogP contribution >= 0.6 is 22.6 Å². The van der Waals surface area contributed by atoms with Crippen molar-refractivity contribution in [2.75, 3.05) is 39.6 Å². The van der Waals surface area contributed by atoms with Crippen molar-refractivity contribution in [3.05, 3.63) is 10.2 Å². The second kappa shape index (κ2) is 11.6. The number of ether oxygens (including phenoxy) is 3. The molecule has 1 aromatic heterocycles. The molecule has 0 fully saturated rings. The summed E-state index contributed by atoms with van der Waals surface area (Å²) in [7, 11) is 0. The number of nitrogens with zero attached hydrogens (tertiary/aromatic N) is 3. The van der Waals surface area contributed by atoms with Crippen LogP contribution in [0.1, 0.15) is 19.8 Å². The van der Waals surface area contributed by atoms with Crippen molar-refractivity contribution in [1.82, 2.24) is 14.8 Å². The highest BCUT2D eigenvalue weighted by atomic mass is 127. The number of halogens is 1. The minimum atomic E-state index is 0.598. The van der Waals surface area contributed by atoms with Gasteiger partial charge in [0.15, 0.2) is 0 Å². The monoisotopic (exact) mass is 383 g/mol. The standard InChI is InChI=1S/C12H22IN3O3/c1-2-3-5-17-7-9-19-10-8-18-6-4-16-11-14-12(13)15-16/h11H,2-10H2,1H3. The molecule has 6 nitrogen and oxygen atoms in total. The highest BCUT2D eigenvalue weighted by Crippen LogP contribution is 1.93. The zero-order chi connectivity index (χ0) is 13.8. The van der Waals surface area contributed by atoms with Gasteiger partial charge in [0.25, 0.3) is 0 Å². The molecule has 0 spiro atoms. The number of aromatic nitrogens is 3. The Kier molecular flexibility index (Phi) is 10.2. The average molecular weight is 383 g/mol. The molecule has 0 aliphatic heterocycles. The van der Waals surface area contributed by atoms with Crippen LogP contribution in [0.5, 0.6) is 0 Å². The Morgan fingerprint density at radius 1 is 1.05 bits per heavy atom. The van der Waals surface area contributed by atoms with E-state index >= 15 is 0 Å². The first-order valence-corrected chi connectivity index (χ1v) is 7.69. The molecular formula is C12H22IN3O3. The van der Waals surface area contributed by atoms with Gasteiger partial charge in [0.1, 0.15) is 6.33 Å². The van der Waals surface area contributed by atoms with Crippen molar-refractivity contribution >= 4 is 22.6 Å². The minimum absolute atomic E-state index is 0.598. The van der Waals surface area contributed by atoms with Crippen molar-refractivity contribution in [3.8, 4) is 0 Å². The van der Waals surface area contributed by atoms with Crippen LogP contribution in [0, 0.1) is 3.83 Å². The van der Waals surface area contributed by atoms with Gasteiger partial charge in [0.2, 0.25) is 3.83 Å². The molecule has 0 saturated heterocycles. The van der Waals surface area contributed by atoms with Crippen LogP contribution in [0.3, 0.4) is 0 Å². The van der Waals surface area contributed by atoms with Gasteiger partial charge >= 0.3 is 0 Å². The Morgan fingerprint density at radius 3 is 2.26 bits per heavy atom. The summed E-state index contributed by atoms with van der Waals surface area (Å²) in [5.74, 6) is 0. The van der Waals surface area contributed by atoms with Crippen molar-refractivity contribution < 1.29 is 14.2 Å². The SMILES string of the molecule is CCCCOCCOCCOCCn1cnc(I)n1. The molecule has 0 bridgehead atoms. The number of unbranched alkanes of at least 4 members (excludes halogenated alkanes) is 1. The van der Waals surface area contributed by atoms with E-state index in [0.29, 0.717) is 33.0 Å². The van der Waals surface area contributed by atoms with Crippen LogP contribution < -0.4 is 0 Å². The quantitative estimate of drug-likeness (QED) is 0.407. The molecule has 0 atom stereocenters.